The Labute approximate surface area is 114 Å². The van der Waals surface area contributed by atoms with Crippen molar-refractivity contribution in [1.29, 1.82) is 0 Å². The van der Waals surface area contributed by atoms with E-state index in [-0.39, 0.29) is 10.9 Å². The van der Waals surface area contributed by atoms with Crippen molar-refractivity contribution >= 4 is 33.6 Å². The summed E-state index contributed by atoms with van der Waals surface area (Å²) in [5.41, 5.74) is 5.92. The molecule has 2 aromatic rings. The van der Waals surface area contributed by atoms with Gasteiger partial charge in [-0.3, -0.25) is 9.59 Å². The molecule has 19 heavy (non-hydrogen) atoms. The van der Waals surface area contributed by atoms with Gasteiger partial charge < -0.3 is 10.8 Å². The maximum absolute atomic E-state index is 11.9. The summed E-state index contributed by atoms with van der Waals surface area (Å²) in [4.78, 5) is 22.5. The van der Waals surface area contributed by atoms with Crippen molar-refractivity contribution in [3.63, 3.8) is 0 Å². The Morgan fingerprint density at radius 1 is 1.16 bits per heavy atom. The van der Waals surface area contributed by atoms with Crippen LogP contribution in [0.4, 0.5) is 0 Å². The van der Waals surface area contributed by atoms with Crippen LogP contribution < -0.4 is 5.73 Å². The molecular formula is C14H13NO3S. The summed E-state index contributed by atoms with van der Waals surface area (Å²) in [6, 6.07) is 12.1. The van der Waals surface area contributed by atoms with Crippen LogP contribution in [0.5, 0.6) is 0 Å². The second-order valence-corrected chi connectivity index (χ2v) is 5.10. The fraction of sp³-hybridized carbons (Fsp3) is 0.143. The first-order valence-electron chi connectivity index (χ1n) is 5.72. The number of carbonyl (C=O) groups is 2. The molecule has 0 unspecified atom stereocenters. The molecule has 2 rings (SSSR count). The van der Waals surface area contributed by atoms with Crippen LogP contribution in [0, 0.1) is 0 Å². The molecule has 2 aromatic carbocycles. The molecule has 98 valence electrons. The fourth-order valence-corrected chi connectivity index (χ4v) is 2.40. The molecule has 0 spiro atoms. The number of thioether (sulfide) groups is 1. The third kappa shape index (κ3) is 3.33. The molecule has 0 aliphatic carbocycles. The minimum atomic E-state index is -1.10. The summed E-state index contributed by atoms with van der Waals surface area (Å²) in [5, 5.41) is 10.5. The second kappa shape index (κ2) is 5.86. The van der Waals surface area contributed by atoms with Gasteiger partial charge in [-0.1, -0.05) is 42.1 Å². The highest BCUT2D eigenvalue weighted by Gasteiger charge is 2.15. The van der Waals surface area contributed by atoms with Crippen molar-refractivity contribution < 1.29 is 14.7 Å². The number of carbonyl (C=O) groups excluding carboxylic acids is 1. The lowest BCUT2D eigenvalue weighted by Crippen LogP contribution is -2.32. The zero-order valence-electron chi connectivity index (χ0n) is 10.1. The Kier molecular flexibility index (Phi) is 4.19. The molecule has 0 aromatic heterocycles. The van der Waals surface area contributed by atoms with E-state index in [1.165, 1.54) is 0 Å². The molecular weight excluding hydrogens is 262 g/mol. The Balaban J connectivity index is 2.11. The first-order valence-corrected chi connectivity index (χ1v) is 6.71. The lowest BCUT2D eigenvalue weighted by molar-refractivity contribution is -0.137. The van der Waals surface area contributed by atoms with Crippen LogP contribution in [-0.2, 0) is 4.79 Å². The first-order chi connectivity index (χ1) is 9.08. The van der Waals surface area contributed by atoms with Crippen LogP contribution >= 0.6 is 11.8 Å². The minimum Gasteiger partial charge on any atom is -0.480 e. The molecule has 0 heterocycles. The van der Waals surface area contributed by atoms with Crippen LogP contribution in [-0.4, -0.2) is 28.0 Å². The quantitative estimate of drug-likeness (QED) is 0.893. The van der Waals surface area contributed by atoms with Crippen molar-refractivity contribution in [3.05, 3.63) is 48.0 Å². The first kappa shape index (κ1) is 13.6. The van der Waals surface area contributed by atoms with Gasteiger partial charge in [0.1, 0.15) is 6.04 Å². The van der Waals surface area contributed by atoms with Crippen molar-refractivity contribution in [2.75, 3.05) is 5.75 Å². The fourth-order valence-electron chi connectivity index (χ4n) is 1.64. The largest absolute Gasteiger partial charge is 0.480 e. The average molecular weight is 275 g/mol. The Morgan fingerprint density at radius 3 is 2.53 bits per heavy atom. The third-order valence-electron chi connectivity index (χ3n) is 2.70. The second-order valence-electron chi connectivity index (χ2n) is 4.11. The number of carboxylic acids is 1. The zero-order chi connectivity index (χ0) is 13.8. The van der Waals surface area contributed by atoms with Crippen molar-refractivity contribution in [1.82, 2.24) is 0 Å². The van der Waals surface area contributed by atoms with Gasteiger partial charge >= 0.3 is 5.97 Å². The molecule has 4 nitrogen and oxygen atoms in total. The van der Waals surface area contributed by atoms with Crippen LogP contribution in [0.25, 0.3) is 10.8 Å². The predicted molar refractivity (Wildman–Crippen MR) is 76.3 cm³/mol. The SMILES string of the molecule is N[C@@H](CSC(=O)c1ccc2ccccc2c1)C(=O)O. The molecule has 3 N–H and O–H groups in total. The number of hydrogen-bond acceptors (Lipinski definition) is 4. The molecule has 1 atom stereocenters. The number of rotatable bonds is 4. The minimum absolute atomic E-state index is 0.0704. The van der Waals surface area contributed by atoms with Gasteiger partial charge in [-0.15, -0.1) is 0 Å². The lowest BCUT2D eigenvalue weighted by Gasteiger charge is -2.06. The van der Waals surface area contributed by atoms with E-state index in [0.717, 1.165) is 22.5 Å². The summed E-state index contributed by atoms with van der Waals surface area (Å²) in [6.07, 6.45) is 0. The maximum atomic E-state index is 11.9. The van der Waals surface area contributed by atoms with Gasteiger partial charge in [0.05, 0.1) is 0 Å². The summed E-state index contributed by atoms with van der Waals surface area (Å²) < 4.78 is 0. The highest BCUT2D eigenvalue weighted by molar-refractivity contribution is 8.14. The molecule has 0 bridgehead atoms. The van der Waals surface area contributed by atoms with E-state index < -0.39 is 12.0 Å². The van der Waals surface area contributed by atoms with E-state index in [9.17, 15) is 9.59 Å². The van der Waals surface area contributed by atoms with E-state index in [1.54, 1.807) is 12.1 Å². The number of aliphatic carboxylic acids is 1. The Hall–Kier alpha value is -1.85. The van der Waals surface area contributed by atoms with Gasteiger partial charge in [0.2, 0.25) is 5.12 Å². The number of carboxylic acid groups (broad SMARTS) is 1. The van der Waals surface area contributed by atoms with Gasteiger partial charge in [-0.2, -0.15) is 0 Å². The van der Waals surface area contributed by atoms with Crippen LogP contribution in [0.3, 0.4) is 0 Å². The highest BCUT2D eigenvalue weighted by atomic mass is 32.2. The smallest absolute Gasteiger partial charge is 0.321 e. The monoisotopic (exact) mass is 275 g/mol. The van der Waals surface area contributed by atoms with Gasteiger partial charge in [-0.25, -0.2) is 0 Å². The lowest BCUT2D eigenvalue weighted by atomic mass is 10.1. The molecule has 0 saturated carbocycles. The standard InChI is InChI=1S/C14H13NO3S/c15-12(13(16)17)8-19-14(18)11-6-5-9-3-1-2-4-10(9)7-11/h1-7,12H,8,15H2,(H,16,17)/t12-/m0/s1. The molecule has 0 aliphatic heterocycles. The normalized spacial score (nSPS) is 12.3. The molecule has 0 aliphatic rings. The molecule has 0 radical (unpaired) electrons. The van der Waals surface area contributed by atoms with Crippen LogP contribution in [0.15, 0.2) is 42.5 Å². The zero-order valence-corrected chi connectivity index (χ0v) is 10.9. The topological polar surface area (TPSA) is 80.4 Å². The molecule has 0 amide bonds. The van der Waals surface area contributed by atoms with E-state index in [1.807, 2.05) is 30.3 Å². The van der Waals surface area contributed by atoms with Crippen molar-refractivity contribution in [2.24, 2.45) is 5.73 Å². The number of benzene rings is 2. The van der Waals surface area contributed by atoms with Gasteiger partial charge in [0.15, 0.2) is 0 Å². The van der Waals surface area contributed by atoms with E-state index in [0.29, 0.717) is 5.56 Å². The summed E-state index contributed by atoms with van der Waals surface area (Å²) in [6.45, 7) is 0. The van der Waals surface area contributed by atoms with Gasteiger partial charge in [0, 0.05) is 11.3 Å². The predicted octanol–water partition coefficient (Wildman–Crippen LogP) is 2.13. The van der Waals surface area contributed by atoms with Gasteiger partial charge in [0.25, 0.3) is 0 Å². The maximum Gasteiger partial charge on any atom is 0.321 e. The van der Waals surface area contributed by atoms with E-state index in [2.05, 4.69) is 0 Å². The summed E-state index contributed by atoms with van der Waals surface area (Å²) >= 11 is 0.930. The number of fused-ring (bicyclic) bond motifs is 1. The van der Waals surface area contributed by atoms with Crippen LogP contribution in [0.1, 0.15) is 10.4 Å². The number of nitrogens with two attached hydrogens (primary N) is 1. The molecule has 0 fully saturated rings. The Morgan fingerprint density at radius 2 is 1.84 bits per heavy atom. The number of hydrogen-bond donors (Lipinski definition) is 2. The van der Waals surface area contributed by atoms with Crippen LogP contribution in [0.2, 0.25) is 0 Å². The Bertz CT molecular complexity index is 627. The average Bonchev–Trinajstić information content (AvgIpc) is 2.43. The van der Waals surface area contributed by atoms with E-state index in [4.69, 9.17) is 10.8 Å². The van der Waals surface area contributed by atoms with Crippen molar-refractivity contribution in [3.8, 4) is 0 Å². The van der Waals surface area contributed by atoms with E-state index >= 15 is 0 Å². The van der Waals surface area contributed by atoms with Gasteiger partial charge in [-0.05, 0) is 22.9 Å². The van der Waals surface area contributed by atoms with Crippen molar-refractivity contribution in [2.45, 2.75) is 6.04 Å². The summed E-state index contributed by atoms with van der Waals surface area (Å²) in [5.74, 6) is -1.03. The summed E-state index contributed by atoms with van der Waals surface area (Å²) in [7, 11) is 0. The molecule has 5 heteroatoms. The molecule has 0 saturated heterocycles. The highest BCUT2D eigenvalue weighted by Crippen LogP contribution is 2.19. The third-order valence-corrected chi connectivity index (χ3v) is 3.72.